The van der Waals surface area contributed by atoms with Gasteiger partial charge in [-0.3, -0.25) is 14.6 Å². The number of carbonyl (C=O) groups is 1. The Labute approximate surface area is 208 Å². The summed E-state index contributed by atoms with van der Waals surface area (Å²) in [6.45, 7) is 4.69. The average Bonchev–Trinajstić information content (AvgIpc) is 3.28. The summed E-state index contributed by atoms with van der Waals surface area (Å²) < 4.78 is 30.6. The van der Waals surface area contributed by atoms with E-state index in [1.54, 1.807) is 31.3 Å². The normalized spacial score (nSPS) is 14.0. The first-order chi connectivity index (χ1) is 16.1. The highest BCUT2D eigenvalue weighted by atomic mass is 35.5. The van der Waals surface area contributed by atoms with Gasteiger partial charge < -0.3 is 14.2 Å². The Bertz CT molecular complexity index is 1050. The predicted molar refractivity (Wildman–Crippen MR) is 134 cm³/mol. The highest BCUT2D eigenvalue weighted by molar-refractivity contribution is 7.22. The van der Waals surface area contributed by atoms with Gasteiger partial charge in [0.25, 0.3) is 0 Å². The summed E-state index contributed by atoms with van der Waals surface area (Å²) in [6.07, 6.45) is 0.974. The first-order valence-corrected chi connectivity index (χ1v) is 11.8. The third-order valence-corrected chi connectivity index (χ3v) is 6.75. The van der Waals surface area contributed by atoms with Crippen molar-refractivity contribution in [2.24, 2.45) is 0 Å². The SMILES string of the molecule is COc1ccc(OC)c2sc(N(CCCN3CCOCC3)C(=O)Cc3ccc(F)cc3)nc12.Cl. The molecule has 1 saturated heterocycles. The summed E-state index contributed by atoms with van der Waals surface area (Å²) in [6, 6.07) is 9.69. The Kier molecular flexibility index (Phi) is 9.46. The summed E-state index contributed by atoms with van der Waals surface area (Å²) in [7, 11) is 3.21. The number of fused-ring (bicyclic) bond motifs is 1. The van der Waals surface area contributed by atoms with E-state index in [1.165, 1.54) is 23.5 Å². The number of benzene rings is 2. The van der Waals surface area contributed by atoms with Crippen LogP contribution in [0.25, 0.3) is 10.2 Å². The second-order valence-corrected chi connectivity index (χ2v) is 8.78. The number of carbonyl (C=O) groups excluding carboxylic acids is 1. The Morgan fingerprint density at radius 2 is 1.79 bits per heavy atom. The zero-order chi connectivity index (χ0) is 23.2. The fourth-order valence-corrected chi connectivity index (χ4v) is 4.98. The van der Waals surface area contributed by atoms with Crippen molar-refractivity contribution in [1.29, 1.82) is 0 Å². The van der Waals surface area contributed by atoms with Crippen molar-refractivity contribution >= 4 is 45.0 Å². The second kappa shape index (κ2) is 12.3. The molecule has 34 heavy (non-hydrogen) atoms. The predicted octanol–water partition coefficient (Wildman–Crippen LogP) is 4.17. The smallest absolute Gasteiger partial charge is 0.233 e. The van der Waals surface area contributed by atoms with E-state index < -0.39 is 0 Å². The van der Waals surface area contributed by atoms with Crippen LogP contribution in [-0.4, -0.2) is 69.4 Å². The molecule has 1 aliphatic heterocycles. The van der Waals surface area contributed by atoms with E-state index in [4.69, 9.17) is 19.2 Å². The Balaban J connectivity index is 0.00000324. The maximum absolute atomic E-state index is 13.4. The van der Waals surface area contributed by atoms with Crippen molar-refractivity contribution in [3.8, 4) is 11.5 Å². The molecule has 2 aromatic carbocycles. The van der Waals surface area contributed by atoms with Gasteiger partial charge in [0.15, 0.2) is 5.13 Å². The number of rotatable bonds is 9. The van der Waals surface area contributed by atoms with Crippen molar-refractivity contribution in [2.75, 3.05) is 58.5 Å². The number of anilines is 1. The van der Waals surface area contributed by atoms with Gasteiger partial charge in [-0.25, -0.2) is 9.37 Å². The van der Waals surface area contributed by atoms with Crippen LogP contribution in [0.3, 0.4) is 0 Å². The van der Waals surface area contributed by atoms with Gasteiger partial charge >= 0.3 is 0 Å². The molecule has 0 atom stereocenters. The second-order valence-electron chi connectivity index (χ2n) is 7.80. The molecule has 0 radical (unpaired) electrons. The number of methoxy groups -OCH3 is 2. The molecule has 1 fully saturated rings. The van der Waals surface area contributed by atoms with Gasteiger partial charge in [0.2, 0.25) is 5.91 Å². The molecule has 0 N–H and O–H groups in total. The summed E-state index contributed by atoms with van der Waals surface area (Å²) in [5.74, 6) is 0.917. The molecule has 3 aromatic rings. The Hall–Kier alpha value is -2.46. The van der Waals surface area contributed by atoms with Gasteiger partial charge in [0.05, 0.1) is 33.9 Å². The fourth-order valence-electron chi connectivity index (χ4n) is 3.87. The lowest BCUT2D eigenvalue weighted by molar-refractivity contribution is -0.118. The largest absolute Gasteiger partial charge is 0.495 e. The summed E-state index contributed by atoms with van der Waals surface area (Å²) in [5, 5.41) is 0.599. The van der Waals surface area contributed by atoms with Gasteiger partial charge in [0.1, 0.15) is 27.5 Å². The lowest BCUT2D eigenvalue weighted by atomic mass is 10.1. The number of ether oxygens (including phenoxy) is 3. The quantitative estimate of drug-likeness (QED) is 0.431. The lowest BCUT2D eigenvalue weighted by Crippen LogP contribution is -2.39. The van der Waals surface area contributed by atoms with Crippen molar-refractivity contribution < 1.29 is 23.4 Å². The minimum atomic E-state index is -0.320. The van der Waals surface area contributed by atoms with Crippen LogP contribution in [0, 0.1) is 5.82 Å². The summed E-state index contributed by atoms with van der Waals surface area (Å²) in [5.41, 5.74) is 1.43. The molecule has 7 nitrogen and oxygen atoms in total. The van der Waals surface area contributed by atoms with Crippen LogP contribution >= 0.6 is 23.7 Å². The molecule has 184 valence electrons. The number of amides is 1. The third-order valence-electron chi connectivity index (χ3n) is 5.66. The van der Waals surface area contributed by atoms with Crippen LogP contribution in [0.5, 0.6) is 11.5 Å². The molecule has 0 spiro atoms. The molecule has 10 heteroatoms. The van der Waals surface area contributed by atoms with Crippen LogP contribution in [0.4, 0.5) is 9.52 Å². The molecular formula is C24H29ClFN3O4S. The number of hydrogen-bond donors (Lipinski definition) is 0. The third kappa shape index (κ3) is 6.15. The van der Waals surface area contributed by atoms with E-state index in [9.17, 15) is 9.18 Å². The minimum absolute atomic E-state index is 0. The molecule has 0 saturated carbocycles. The van der Waals surface area contributed by atoms with E-state index in [-0.39, 0.29) is 30.6 Å². The highest BCUT2D eigenvalue weighted by Crippen LogP contribution is 2.40. The average molecular weight is 510 g/mol. The number of halogens is 2. The molecule has 0 aliphatic carbocycles. The number of hydrogen-bond acceptors (Lipinski definition) is 7. The van der Waals surface area contributed by atoms with Crippen LogP contribution in [0.2, 0.25) is 0 Å². The Morgan fingerprint density at radius 1 is 1.12 bits per heavy atom. The number of thiazole rings is 1. The van der Waals surface area contributed by atoms with Crippen LogP contribution in [0.15, 0.2) is 36.4 Å². The van der Waals surface area contributed by atoms with Crippen molar-refractivity contribution in [2.45, 2.75) is 12.8 Å². The van der Waals surface area contributed by atoms with Crippen LogP contribution in [0.1, 0.15) is 12.0 Å². The number of aromatic nitrogens is 1. The molecular weight excluding hydrogens is 481 g/mol. The first kappa shape index (κ1) is 26.2. The standard InChI is InChI=1S/C24H28FN3O4S.ClH/c1-30-19-8-9-20(31-2)23-22(19)26-24(33-23)28(11-3-10-27-12-14-32-15-13-27)21(29)16-17-4-6-18(25)7-5-17;/h4-9H,3,10-16H2,1-2H3;1H. The minimum Gasteiger partial charge on any atom is -0.495 e. The van der Waals surface area contributed by atoms with E-state index in [0.717, 1.165) is 49.5 Å². The first-order valence-electron chi connectivity index (χ1n) is 11.0. The molecule has 1 aromatic heterocycles. The fraction of sp³-hybridized carbons (Fsp3) is 0.417. The topological polar surface area (TPSA) is 64.1 Å². The lowest BCUT2D eigenvalue weighted by Gasteiger charge is -2.27. The monoisotopic (exact) mass is 509 g/mol. The van der Waals surface area contributed by atoms with E-state index in [1.807, 2.05) is 12.1 Å². The zero-order valence-corrected chi connectivity index (χ0v) is 20.9. The van der Waals surface area contributed by atoms with Gasteiger partial charge in [-0.2, -0.15) is 0 Å². The number of nitrogens with zero attached hydrogens (tertiary/aromatic N) is 3. The molecule has 0 bridgehead atoms. The van der Waals surface area contributed by atoms with Gasteiger partial charge in [-0.1, -0.05) is 23.5 Å². The summed E-state index contributed by atoms with van der Waals surface area (Å²) in [4.78, 5) is 22.2. The van der Waals surface area contributed by atoms with Crippen molar-refractivity contribution in [3.63, 3.8) is 0 Å². The molecule has 1 amide bonds. The van der Waals surface area contributed by atoms with E-state index in [0.29, 0.717) is 28.7 Å². The van der Waals surface area contributed by atoms with Gasteiger partial charge in [-0.05, 0) is 36.2 Å². The van der Waals surface area contributed by atoms with Crippen LogP contribution < -0.4 is 14.4 Å². The maximum Gasteiger partial charge on any atom is 0.233 e. The molecule has 1 aliphatic rings. The maximum atomic E-state index is 13.4. The van der Waals surface area contributed by atoms with Gasteiger partial charge in [0, 0.05) is 26.2 Å². The Morgan fingerprint density at radius 3 is 2.47 bits per heavy atom. The number of morpholine rings is 1. The van der Waals surface area contributed by atoms with Crippen molar-refractivity contribution in [3.05, 3.63) is 47.8 Å². The van der Waals surface area contributed by atoms with Crippen molar-refractivity contribution in [1.82, 2.24) is 9.88 Å². The molecule has 4 rings (SSSR count). The van der Waals surface area contributed by atoms with E-state index in [2.05, 4.69) is 4.90 Å². The summed E-state index contributed by atoms with van der Waals surface area (Å²) >= 11 is 1.41. The zero-order valence-electron chi connectivity index (χ0n) is 19.3. The van der Waals surface area contributed by atoms with E-state index >= 15 is 0 Å². The van der Waals surface area contributed by atoms with Gasteiger partial charge in [-0.15, -0.1) is 12.4 Å². The van der Waals surface area contributed by atoms with Crippen LogP contribution in [-0.2, 0) is 16.0 Å². The molecule has 2 heterocycles. The highest BCUT2D eigenvalue weighted by Gasteiger charge is 2.23. The molecule has 0 unspecified atom stereocenters.